The van der Waals surface area contributed by atoms with Crippen molar-refractivity contribution in [2.24, 2.45) is 11.8 Å². The average Bonchev–Trinajstić information content (AvgIpc) is 2.89. The van der Waals surface area contributed by atoms with Crippen LogP contribution < -0.4 is 0 Å². The van der Waals surface area contributed by atoms with E-state index in [0.29, 0.717) is 19.0 Å². The van der Waals surface area contributed by atoms with Gasteiger partial charge in [-0.25, -0.2) is 0 Å². The molecule has 3 rings (SSSR count). The molecule has 1 aromatic rings. The van der Waals surface area contributed by atoms with E-state index in [9.17, 15) is 14.7 Å². The first-order chi connectivity index (χ1) is 10.6. The van der Waals surface area contributed by atoms with E-state index in [1.807, 2.05) is 0 Å². The zero-order valence-corrected chi connectivity index (χ0v) is 12.6. The van der Waals surface area contributed by atoms with Crippen molar-refractivity contribution in [3.8, 4) is 0 Å². The molecule has 2 heterocycles. The van der Waals surface area contributed by atoms with Crippen LogP contribution in [0.5, 0.6) is 0 Å². The number of carbonyl (C=O) groups is 2. The number of aliphatic carboxylic acids is 1. The number of carbonyl (C=O) groups excluding carboxylic acids is 1. The molecule has 1 aromatic heterocycles. The lowest BCUT2D eigenvalue weighted by molar-refractivity contribution is -0.142. The first-order valence-corrected chi connectivity index (χ1v) is 7.91. The third-order valence-corrected chi connectivity index (χ3v) is 4.72. The van der Waals surface area contributed by atoms with Gasteiger partial charge >= 0.3 is 5.97 Å². The van der Waals surface area contributed by atoms with Crippen molar-refractivity contribution in [2.75, 3.05) is 32.7 Å². The topological polar surface area (TPSA) is 74.0 Å². The highest BCUT2D eigenvalue weighted by molar-refractivity contribution is 5.91. The van der Waals surface area contributed by atoms with Gasteiger partial charge in [0.25, 0.3) is 5.91 Å². The Morgan fingerprint density at radius 1 is 1.27 bits per heavy atom. The fourth-order valence-corrected chi connectivity index (χ4v) is 3.18. The summed E-state index contributed by atoms with van der Waals surface area (Å²) in [6.07, 6.45) is 5.22. The van der Waals surface area contributed by atoms with Crippen LogP contribution in [0.2, 0.25) is 0 Å². The Labute approximate surface area is 129 Å². The van der Waals surface area contributed by atoms with E-state index in [-0.39, 0.29) is 18.2 Å². The van der Waals surface area contributed by atoms with E-state index in [2.05, 4.69) is 4.90 Å². The van der Waals surface area contributed by atoms with Crippen molar-refractivity contribution in [1.82, 2.24) is 9.80 Å². The minimum absolute atomic E-state index is 0.221. The van der Waals surface area contributed by atoms with Crippen LogP contribution in [0.3, 0.4) is 0 Å². The SMILES string of the molecule is O=C(O)[C@H]1CN(CC2CCC2)CCN(C(=O)c2ccco2)C1. The van der Waals surface area contributed by atoms with Crippen LogP contribution in [0.4, 0.5) is 0 Å². The number of rotatable bonds is 4. The van der Waals surface area contributed by atoms with Crippen LogP contribution in [-0.2, 0) is 4.79 Å². The van der Waals surface area contributed by atoms with Crippen LogP contribution >= 0.6 is 0 Å². The number of carboxylic acids is 1. The molecule has 0 bridgehead atoms. The second-order valence-electron chi connectivity index (χ2n) is 6.32. The Kier molecular flexibility index (Phi) is 4.47. The van der Waals surface area contributed by atoms with E-state index in [1.54, 1.807) is 17.0 Å². The fraction of sp³-hybridized carbons (Fsp3) is 0.625. The maximum absolute atomic E-state index is 12.4. The molecule has 1 saturated heterocycles. The summed E-state index contributed by atoms with van der Waals surface area (Å²) >= 11 is 0. The summed E-state index contributed by atoms with van der Waals surface area (Å²) in [5.74, 6) is -0.626. The van der Waals surface area contributed by atoms with E-state index >= 15 is 0 Å². The molecule has 1 aliphatic heterocycles. The standard InChI is InChI=1S/C16H22N2O4/c19-15(14-5-2-8-22-14)18-7-6-17(9-12-3-1-4-12)10-13(11-18)16(20)21/h2,5,8,12-13H,1,3-4,6-7,9-11H2,(H,20,21)/t13-/m0/s1. The van der Waals surface area contributed by atoms with Crippen molar-refractivity contribution in [2.45, 2.75) is 19.3 Å². The quantitative estimate of drug-likeness (QED) is 0.913. The van der Waals surface area contributed by atoms with Gasteiger partial charge in [-0.1, -0.05) is 6.42 Å². The van der Waals surface area contributed by atoms with Crippen LogP contribution in [-0.4, -0.2) is 59.5 Å². The number of hydrogen-bond acceptors (Lipinski definition) is 4. The molecule has 22 heavy (non-hydrogen) atoms. The lowest BCUT2D eigenvalue weighted by Gasteiger charge is -2.32. The summed E-state index contributed by atoms with van der Waals surface area (Å²) in [5.41, 5.74) is 0. The van der Waals surface area contributed by atoms with Crippen molar-refractivity contribution < 1.29 is 19.1 Å². The predicted molar refractivity (Wildman–Crippen MR) is 79.5 cm³/mol. The van der Waals surface area contributed by atoms with Gasteiger partial charge < -0.3 is 19.3 Å². The lowest BCUT2D eigenvalue weighted by atomic mass is 9.85. The van der Waals surface area contributed by atoms with Crippen molar-refractivity contribution >= 4 is 11.9 Å². The Morgan fingerprint density at radius 2 is 2.09 bits per heavy atom. The highest BCUT2D eigenvalue weighted by atomic mass is 16.4. The third-order valence-electron chi connectivity index (χ3n) is 4.72. The number of hydrogen-bond donors (Lipinski definition) is 1. The molecule has 0 unspecified atom stereocenters. The smallest absolute Gasteiger partial charge is 0.309 e. The maximum Gasteiger partial charge on any atom is 0.309 e. The predicted octanol–water partition coefficient (Wildman–Crippen LogP) is 1.54. The van der Waals surface area contributed by atoms with Gasteiger partial charge in [-0.05, 0) is 30.9 Å². The average molecular weight is 306 g/mol. The lowest BCUT2D eigenvalue weighted by Crippen LogP contribution is -2.38. The Morgan fingerprint density at radius 3 is 2.68 bits per heavy atom. The summed E-state index contributed by atoms with van der Waals surface area (Å²) in [6, 6.07) is 3.29. The van der Waals surface area contributed by atoms with Crippen LogP contribution in [0.1, 0.15) is 29.8 Å². The monoisotopic (exact) mass is 306 g/mol. The Bertz CT molecular complexity index is 524. The van der Waals surface area contributed by atoms with Crippen LogP contribution in [0.25, 0.3) is 0 Å². The van der Waals surface area contributed by atoms with E-state index in [0.717, 1.165) is 13.1 Å². The molecule has 6 heteroatoms. The molecule has 6 nitrogen and oxygen atoms in total. The zero-order valence-electron chi connectivity index (χ0n) is 12.6. The van der Waals surface area contributed by atoms with Gasteiger partial charge in [0, 0.05) is 32.7 Å². The van der Waals surface area contributed by atoms with Gasteiger partial charge in [0.15, 0.2) is 5.76 Å². The number of nitrogens with zero attached hydrogens (tertiary/aromatic N) is 2. The number of furan rings is 1. The molecular weight excluding hydrogens is 284 g/mol. The van der Waals surface area contributed by atoms with Gasteiger partial charge in [0.2, 0.25) is 0 Å². The highest BCUT2D eigenvalue weighted by Crippen LogP contribution is 2.28. The van der Waals surface area contributed by atoms with Gasteiger partial charge in [-0.2, -0.15) is 0 Å². The first-order valence-electron chi connectivity index (χ1n) is 7.91. The zero-order chi connectivity index (χ0) is 15.5. The summed E-state index contributed by atoms with van der Waals surface area (Å²) in [4.78, 5) is 27.7. The van der Waals surface area contributed by atoms with E-state index in [4.69, 9.17) is 4.42 Å². The molecule has 120 valence electrons. The summed E-state index contributed by atoms with van der Waals surface area (Å²) in [5, 5.41) is 9.43. The van der Waals surface area contributed by atoms with Crippen molar-refractivity contribution in [3.63, 3.8) is 0 Å². The molecule has 0 spiro atoms. The summed E-state index contributed by atoms with van der Waals surface area (Å²) in [6.45, 7) is 3.00. The summed E-state index contributed by atoms with van der Waals surface area (Å²) in [7, 11) is 0. The minimum Gasteiger partial charge on any atom is -0.481 e. The van der Waals surface area contributed by atoms with Crippen molar-refractivity contribution in [1.29, 1.82) is 0 Å². The Hall–Kier alpha value is -1.82. The second-order valence-corrected chi connectivity index (χ2v) is 6.32. The molecule has 1 N–H and O–H groups in total. The normalized spacial score (nSPS) is 23.8. The second kappa shape index (κ2) is 6.52. The Balaban J connectivity index is 1.68. The van der Waals surface area contributed by atoms with Gasteiger partial charge in [-0.3, -0.25) is 9.59 Å². The fourth-order valence-electron chi connectivity index (χ4n) is 3.18. The molecular formula is C16H22N2O4. The minimum atomic E-state index is -0.835. The van der Waals surface area contributed by atoms with Crippen LogP contribution in [0.15, 0.2) is 22.8 Å². The van der Waals surface area contributed by atoms with Gasteiger partial charge in [0.05, 0.1) is 12.2 Å². The number of carboxylic acid groups (broad SMARTS) is 1. The largest absolute Gasteiger partial charge is 0.481 e. The third kappa shape index (κ3) is 3.32. The maximum atomic E-state index is 12.4. The molecule has 1 amide bonds. The van der Waals surface area contributed by atoms with Gasteiger partial charge in [-0.15, -0.1) is 0 Å². The van der Waals surface area contributed by atoms with E-state index in [1.165, 1.54) is 25.5 Å². The molecule has 1 atom stereocenters. The number of amides is 1. The van der Waals surface area contributed by atoms with Crippen LogP contribution in [0, 0.1) is 11.8 Å². The van der Waals surface area contributed by atoms with Crippen molar-refractivity contribution in [3.05, 3.63) is 24.2 Å². The highest BCUT2D eigenvalue weighted by Gasteiger charge is 2.32. The molecule has 2 aliphatic rings. The van der Waals surface area contributed by atoms with Gasteiger partial charge in [0.1, 0.15) is 0 Å². The molecule has 1 saturated carbocycles. The van der Waals surface area contributed by atoms with E-state index < -0.39 is 11.9 Å². The molecule has 2 fully saturated rings. The molecule has 0 aromatic carbocycles. The first kappa shape index (κ1) is 15.1. The summed E-state index contributed by atoms with van der Waals surface area (Å²) < 4.78 is 5.15. The molecule has 0 radical (unpaired) electrons. The molecule has 1 aliphatic carbocycles.